The first-order valence-corrected chi connectivity index (χ1v) is 4.03. The summed E-state index contributed by atoms with van der Waals surface area (Å²) in [6.07, 6.45) is 0.147. The number of aromatic nitrogens is 2. The van der Waals surface area contributed by atoms with Crippen LogP contribution in [-0.4, -0.2) is 25.9 Å². The molecule has 5 heteroatoms. The van der Waals surface area contributed by atoms with Crippen molar-refractivity contribution in [3.8, 4) is 0 Å². The minimum Gasteiger partial charge on any atom is -0.464 e. The number of carbonyl (C=O) groups is 1. The predicted octanol–water partition coefficient (Wildman–Crippen LogP) is 1.05. The number of carboxylic acid groups (broad SMARTS) is 1. The molecule has 0 saturated heterocycles. The van der Waals surface area contributed by atoms with Gasteiger partial charge in [-0.2, -0.15) is 0 Å². The summed E-state index contributed by atoms with van der Waals surface area (Å²) in [5, 5.41) is 17.8. The van der Waals surface area contributed by atoms with Gasteiger partial charge in [-0.25, -0.2) is 14.3 Å². The van der Waals surface area contributed by atoms with E-state index in [0.717, 1.165) is 4.57 Å². The fourth-order valence-electron chi connectivity index (χ4n) is 1.38. The van der Waals surface area contributed by atoms with E-state index in [1.165, 1.54) is 6.33 Å². The SMILES string of the molecule is O=C(O)n1cnc2c(CO)cccc21. The van der Waals surface area contributed by atoms with Gasteiger partial charge < -0.3 is 10.2 Å². The van der Waals surface area contributed by atoms with Crippen LogP contribution in [-0.2, 0) is 6.61 Å². The van der Waals surface area contributed by atoms with E-state index < -0.39 is 6.09 Å². The number of aliphatic hydroxyl groups is 1. The summed E-state index contributed by atoms with van der Waals surface area (Å²) >= 11 is 0. The minimum atomic E-state index is -1.08. The van der Waals surface area contributed by atoms with Crippen LogP contribution in [0.15, 0.2) is 24.5 Å². The second-order valence-electron chi connectivity index (χ2n) is 2.84. The molecule has 2 aromatic rings. The number of benzene rings is 1. The highest BCUT2D eigenvalue weighted by Crippen LogP contribution is 2.16. The van der Waals surface area contributed by atoms with Crippen LogP contribution >= 0.6 is 0 Å². The lowest BCUT2D eigenvalue weighted by Crippen LogP contribution is -2.05. The van der Waals surface area contributed by atoms with E-state index in [4.69, 9.17) is 10.2 Å². The van der Waals surface area contributed by atoms with E-state index in [9.17, 15) is 4.79 Å². The molecule has 2 rings (SSSR count). The van der Waals surface area contributed by atoms with Gasteiger partial charge in [0, 0.05) is 5.56 Å². The number of nitrogens with zero attached hydrogens (tertiary/aromatic N) is 2. The number of rotatable bonds is 1. The van der Waals surface area contributed by atoms with Gasteiger partial charge in [-0.1, -0.05) is 12.1 Å². The Balaban J connectivity index is 2.75. The monoisotopic (exact) mass is 192 g/mol. The van der Waals surface area contributed by atoms with Crippen molar-refractivity contribution < 1.29 is 15.0 Å². The molecule has 1 heterocycles. The van der Waals surface area contributed by atoms with E-state index in [2.05, 4.69) is 4.98 Å². The molecule has 0 bridgehead atoms. The maximum absolute atomic E-state index is 10.7. The molecule has 72 valence electrons. The molecule has 0 amide bonds. The summed E-state index contributed by atoms with van der Waals surface area (Å²) in [5.41, 5.74) is 1.64. The van der Waals surface area contributed by atoms with Crippen molar-refractivity contribution in [3.05, 3.63) is 30.1 Å². The molecule has 0 aliphatic carbocycles. The number of hydrogen-bond donors (Lipinski definition) is 2. The fraction of sp³-hybridized carbons (Fsp3) is 0.111. The van der Waals surface area contributed by atoms with E-state index >= 15 is 0 Å². The largest absolute Gasteiger partial charge is 0.464 e. The number of para-hydroxylation sites is 1. The maximum atomic E-state index is 10.7. The fourth-order valence-corrected chi connectivity index (χ4v) is 1.38. The summed E-state index contributed by atoms with van der Waals surface area (Å²) in [4.78, 5) is 14.7. The molecular formula is C9H8N2O3. The second-order valence-corrected chi connectivity index (χ2v) is 2.84. The van der Waals surface area contributed by atoms with Crippen molar-refractivity contribution in [3.63, 3.8) is 0 Å². The van der Waals surface area contributed by atoms with Crippen LogP contribution in [0.5, 0.6) is 0 Å². The Hall–Kier alpha value is -1.88. The van der Waals surface area contributed by atoms with Gasteiger partial charge in [-0.05, 0) is 6.07 Å². The highest BCUT2D eigenvalue weighted by Gasteiger charge is 2.09. The first kappa shape index (κ1) is 8.71. The number of fused-ring (bicyclic) bond motifs is 1. The minimum absolute atomic E-state index is 0.145. The second kappa shape index (κ2) is 3.12. The van der Waals surface area contributed by atoms with Crippen LogP contribution in [0.3, 0.4) is 0 Å². The lowest BCUT2D eigenvalue weighted by molar-refractivity contribution is 0.197. The number of hydrogen-bond acceptors (Lipinski definition) is 3. The molecule has 0 fully saturated rings. The standard InChI is InChI=1S/C9H8N2O3/c12-4-6-2-1-3-7-8(6)10-5-11(7)9(13)14/h1-3,5,12H,4H2,(H,13,14). The molecule has 0 atom stereocenters. The summed E-state index contributed by atoms with van der Waals surface area (Å²) < 4.78 is 1.02. The Bertz CT molecular complexity index is 490. The number of aliphatic hydroxyl groups excluding tert-OH is 1. The van der Waals surface area contributed by atoms with Crippen LogP contribution in [0.4, 0.5) is 4.79 Å². The van der Waals surface area contributed by atoms with E-state index in [0.29, 0.717) is 16.6 Å². The summed E-state index contributed by atoms with van der Waals surface area (Å²) in [7, 11) is 0. The van der Waals surface area contributed by atoms with Crippen LogP contribution in [0.1, 0.15) is 5.56 Å². The van der Waals surface area contributed by atoms with Gasteiger partial charge in [0.15, 0.2) is 0 Å². The van der Waals surface area contributed by atoms with Crippen molar-refractivity contribution in [1.29, 1.82) is 0 Å². The van der Waals surface area contributed by atoms with Gasteiger partial charge in [0.1, 0.15) is 6.33 Å². The van der Waals surface area contributed by atoms with Crippen molar-refractivity contribution in [2.24, 2.45) is 0 Å². The zero-order valence-electron chi connectivity index (χ0n) is 7.21. The van der Waals surface area contributed by atoms with Crippen LogP contribution in [0.2, 0.25) is 0 Å². The van der Waals surface area contributed by atoms with E-state index in [1.54, 1.807) is 18.2 Å². The molecule has 14 heavy (non-hydrogen) atoms. The van der Waals surface area contributed by atoms with Gasteiger partial charge in [0.2, 0.25) is 0 Å². The zero-order chi connectivity index (χ0) is 10.1. The Labute approximate surface area is 79.2 Å². The first-order chi connectivity index (χ1) is 6.74. The van der Waals surface area contributed by atoms with Gasteiger partial charge in [-0.15, -0.1) is 0 Å². The van der Waals surface area contributed by atoms with Gasteiger partial charge in [-0.3, -0.25) is 0 Å². The highest BCUT2D eigenvalue weighted by atomic mass is 16.4. The summed E-state index contributed by atoms with van der Waals surface area (Å²) in [6, 6.07) is 5.05. The molecule has 0 spiro atoms. The Morgan fingerprint density at radius 1 is 1.50 bits per heavy atom. The summed E-state index contributed by atoms with van der Waals surface area (Å²) in [6.45, 7) is -0.145. The average molecular weight is 192 g/mol. The molecule has 0 unspecified atom stereocenters. The van der Waals surface area contributed by atoms with Crippen LogP contribution < -0.4 is 0 Å². The van der Waals surface area contributed by atoms with Crippen molar-refractivity contribution in [2.75, 3.05) is 0 Å². The third-order valence-corrected chi connectivity index (χ3v) is 2.04. The highest BCUT2D eigenvalue weighted by molar-refractivity contribution is 5.87. The molecule has 0 aliphatic heterocycles. The normalized spacial score (nSPS) is 10.6. The van der Waals surface area contributed by atoms with Crippen molar-refractivity contribution in [2.45, 2.75) is 6.61 Å². The molecule has 0 aliphatic rings. The van der Waals surface area contributed by atoms with Crippen LogP contribution in [0, 0.1) is 0 Å². The van der Waals surface area contributed by atoms with Gasteiger partial charge in [0.05, 0.1) is 17.6 Å². The summed E-state index contributed by atoms with van der Waals surface area (Å²) in [5.74, 6) is 0. The molecule has 0 radical (unpaired) electrons. The van der Waals surface area contributed by atoms with Gasteiger partial charge >= 0.3 is 6.09 Å². The zero-order valence-corrected chi connectivity index (χ0v) is 7.21. The molecule has 0 saturated carbocycles. The first-order valence-electron chi connectivity index (χ1n) is 4.03. The number of imidazole rings is 1. The van der Waals surface area contributed by atoms with E-state index in [1.807, 2.05) is 0 Å². The lowest BCUT2D eigenvalue weighted by Gasteiger charge is -1.98. The average Bonchev–Trinajstić information content (AvgIpc) is 2.60. The smallest absolute Gasteiger partial charge is 0.417 e. The van der Waals surface area contributed by atoms with E-state index in [-0.39, 0.29) is 6.61 Å². The van der Waals surface area contributed by atoms with Crippen molar-refractivity contribution in [1.82, 2.24) is 9.55 Å². The molecular weight excluding hydrogens is 184 g/mol. The molecule has 1 aromatic heterocycles. The molecule has 2 N–H and O–H groups in total. The van der Waals surface area contributed by atoms with Crippen molar-refractivity contribution >= 4 is 17.1 Å². The topological polar surface area (TPSA) is 75.3 Å². The third-order valence-electron chi connectivity index (χ3n) is 2.04. The third kappa shape index (κ3) is 1.14. The Kier molecular flexibility index (Phi) is 1.94. The predicted molar refractivity (Wildman–Crippen MR) is 49.1 cm³/mol. The van der Waals surface area contributed by atoms with Gasteiger partial charge in [0.25, 0.3) is 0 Å². The maximum Gasteiger partial charge on any atom is 0.417 e. The molecule has 5 nitrogen and oxygen atoms in total. The lowest BCUT2D eigenvalue weighted by atomic mass is 10.2. The Morgan fingerprint density at radius 3 is 2.93 bits per heavy atom. The molecule has 1 aromatic carbocycles. The Morgan fingerprint density at radius 2 is 2.29 bits per heavy atom. The van der Waals surface area contributed by atoms with Crippen LogP contribution in [0.25, 0.3) is 11.0 Å². The quantitative estimate of drug-likeness (QED) is 0.708.